The first-order valence-corrected chi connectivity index (χ1v) is 9.42. The summed E-state index contributed by atoms with van der Waals surface area (Å²) in [5.41, 5.74) is 6.06. The van der Waals surface area contributed by atoms with Crippen LogP contribution in [0.3, 0.4) is 0 Å². The second-order valence-electron chi connectivity index (χ2n) is 6.20. The summed E-state index contributed by atoms with van der Waals surface area (Å²) in [5.74, 6) is 0. The molecular formula is C20H25N3OS. The highest BCUT2D eigenvalue weighted by molar-refractivity contribution is 7.14. The second-order valence-corrected chi connectivity index (χ2v) is 7.06. The number of hydrogen-bond acceptors (Lipinski definition) is 4. The van der Waals surface area contributed by atoms with Gasteiger partial charge in [-0.05, 0) is 32.4 Å². The first-order chi connectivity index (χ1) is 12.1. The van der Waals surface area contributed by atoms with Gasteiger partial charge in [-0.15, -0.1) is 11.3 Å². The summed E-state index contributed by atoms with van der Waals surface area (Å²) in [7, 11) is 1.71. The third kappa shape index (κ3) is 3.78. The number of nitrogens with zero attached hydrogens (tertiary/aromatic N) is 2. The van der Waals surface area contributed by atoms with Crippen LogP contribution in [0.4, 0.5) is 5.13 Å². The van der Waals surface area contributed by atoms with E-state index in [2.05, 4.69) is 72.4 Å². The van der Waals surface area contributed by atoms with Gasteiger partial charge in [0.2, 0.25) is 0 Å². The molecule has 4 nitrogen and oxygen atoms in total. The van der Waals surface area contributed by atoms with E-state index in [1.807, 2.05) is 0 Å². The van der Waals surface area contributed by atoms with E-state index in [4.69, 9.17) is 9.72 Å². The van der Waals surface area contributed by atoms with E-state index in [1.165, 1.54) is 22.5 Å². The van der Waals surface area contributed by atoms with Crippen molar-refractivity contribution < 1.29 is 4.74 Å². The lowest BCUT2D eigenvalue weighted by Gasteiger charge is -2.19. The van der Waals surface area contributed by atoms with Gasteiger partial charge in [0, 0.05) is 36.0 Å². The van der Waals surface area contributed by atoms with E-state index < -0.39 is 0 Å². The third-order valence-electron chi connectivity index (χ3n) is 4.52. The van der Waals surface area contributed by atoms with Gasteiger partial charge in [0.05, 0.1) is 18.3 Å². The van der Waals surface area contributed by atoms with Gasteiger partial charge in [0.25, 0.3) is 0 Å². The highest BCUT2D eigenvalue weighted by Gasteiger charge is 2.18. The fourth-order valence-corrected chi connectivity index (χ4v) is 3.99. The normalized spacial score (nSPS) is 12.3. The minimum absolute atomic E-state index is 0.299. The van der Waals surface area contributed by atoms with Crippen molar-refractivity contribution in [3.8, 4) is 11.3 Å². The summed E-state index contributed by atoms with van der Waals surface area (Å²) in [6, 6.07) is 13.2. The minimum Gasteiger partial charge on any atom is -0.383 e. The van der Waals surface area contributed by atoms with Crippen LogP contribution in [0.2, 0.25) is 0 Å². The number of ether oxygens (including phenoxy) is 1. The zero-order valence-electron chi connectivity index (χ0n) is 15.2. The summed E-state index contributed by atoms with van der Waals surface area (Å²) in [6.45, 7) is 8.04. The molecule has 0 radical (unpaired) electrons. The van der Waals surface area contributed by atoms with Gasteiger partial charge in [-0.3, -0.25) is 0 Å². The maximum absolute atomic E-state index is 5.07. The third-order valence-corrected chi connectivity index (χ3v) is 5.32. The fourth-order valence-electron chi connectivity index (χ4n) is 3.25. The molecule has 3 aromatic rings. The molecule has 25 heavy (non-hydrogen) atoms. The predicted octanol–water partition coefficient (Wildman–Crippen LogP) is 4.90. The van der Waals surface area contributed by atoms with E-state index in [9.17, 15) is 0 Å². The van der Waals surface area contributed by atoms with Crippen LogP contribution in [0.1, 0.15) is 29.9 Å². The summed E-state index contributed by atoms with van der Waals surface area (Å²) >= 11 is 1.64. The number of methoxy groups -OCH3 is 1. The lowest BCUT2D eigenvalue weighted by molar-refractivity contribution is 0.211. The Bertz CT molecular complexity index is 823. The SMILES string of the molecule is COCCNc1nc(-c2cc(C)n([C@H](C)c3ccccc3)c2C)cs1. The molecule has 1 aromatic carbocycles. The van der Waals surface area contributed by atoms with Crippen molar-refractivity contribution in [3.05, 3.63) is 58.7 Å². The maximum atomic E-state index is 5.07. The molecule has 0 aliphatic rings. The van der Waals surface area contributed by atoms with Gasteiger partial charge in [0.1, 0.15) is 0 Å². The number of nitrogens with one attached hydrogen (secondary N) is 1. The van der Waals surface area contributed by atoms with Crippen LogP contribution in [0.25, 0.3) is 11.3 Å². The first-order valence-electron chi connectivity index (χ1n) is 8.54. The van der Waals surface area contributed by atoms with Crippen LogP contribution in [0.15, 0.2) is 41.8 Å². The molecule has 0 amide bonds. The smallest absolute Gasteiger partial charge is 0.183 e. The van der Waals surface area contributed by atoms with Gasteiger partial charge in [0.15, 0.2) is 5.13 Å². The molecule has 2 aromatic heterocycles. The van der Waals surface area contributed by atoms with Crippen LogP contribution in [0.5, 0.6) is 0 Å². The molecule has 1 atom stereocenters. The van der Waals surface area contributed by atoms with Crippen molar-refractivity contribution in [1.82, 2.24) is 9.55 Å². The zero-order valence-corrected chi connectivity index (χ0v) is 16.1. The Labute approximate surface area is 153 Å². The number of rotatable bonds is 7. The van der Waals surface area contributed by atoms with Gasteiger partial charge >= 0.3 is 0 Å². The van der Waals surface area contributed by atoms with E-state index in [-0.39, 0.29) is 0 Å². The summed E-state index contributed by atoms with van der Waals surface area (Å²) in [6.07, 6.45) is 0. The average molecular weight is 356 g/mol. The Morgan fingerprint density at radius 2 is 2.00 bits per heavy atom. The number of benzene rings is 1. The molecule has 5 heteroatoms. The number of anilines is 1. The van der Waals surface area contributed by atoms with Crippen LogP contribution in [-0.2, 0) is 4.74 Å². The monoisotopic (exact) mass is 355 g/mol. The largest absolute Gasteiger partial charge is 0.383 e. The molecular weight excluding hydrogens is 330 g/mol. The van der Waals surface area contributed by atoms with E-state index in [1.54, 1.807) is 18.4 Å². The molecule has 1 N–H and O–H groups in total. The van der Waals surface area contributed by atoms with Crippen molar-refractivity contribution >= 4 is 16.5 Å². The highest BCUT2D eigenvalue weighted by atomic mass is 32.1. The number of aromatic nitrogens is 2. The van der Waals surface area contributed by atoms with Gasteiger partial charge in [-0.1, -0.05) is 30.3 Å². The Kier molecular flexibility index (Phi) is 5.56. The molecule has 3 rings (SSSR count). The summed E-state index contributed by atoms with van der Waals surface area (Å²) in [5, 5.41) is 6.36. The Hall–Kier alpha value is -2.11. The number of thiazole rings is 1. The lowest BCUT2D eigenvalue weighted by Crippen LogP contribution is -2.10. The zero-order chi connectivity index (χ0) is 17.8. The number of hydrogen-bond donors (Lipinski definition) is 1. The van der Waals surface area contributed by atoms with Gasteiger partial charge in [-0.2, -0.15) is 0 Å². The molecule has 0 saturated heterocycles. The summed E-state index contributed by atoms with van der Waals surface area (Å²) in [4.78, 5) is 4.74. The fraction of sp³-hybridized carbons (Fsp3) is 0.350. The second kappa shape index (κ2) is 7.85. The molecule has 0 unspecified atom stereocenters. The Morgan fingerprint density at radius 1 is 1.24 bits per heavy atom. The quantitative estimate of drug-likeness (QED) is 0.613. The van der Waals surface area contributed by atoms with Crippen molar-refractivity contribution in [3.63, 3.8) is 0 Å². The van der Waals surface area contributed by atoms with Gasteiger partial charge in [-0.25, -0.2) is 4.98 Å². The van der Waals surface area contributed by atoms with E-state index in [0.29, 0.717) is 12.6 Å². The van der Waals surface area contributed by atoms with Gasteiger partial charge < -0.3 is 14.6 Å². The van der Waals surface area contributed by atoms with Crippen LogP contribution >= 0.6 is 11.3 Å². The number of aryl methyl sites for hydroxylation is 1. The Balaban J connectivity index is 1.87. The summed E-state index contributed by atoms with van der Waals surface area (Å²) < 4.78 is 7.46. The molecule has 0 fully saturated rings. The Morgan fingerprint density at radius 3 is 2.72 bits per heavy atom. The predicted molar refractivity (Wildman–Crippen MR) is 106 cm³/mol. The lowest BCUT2D eigenvalue weighted by atomic mass is 10.1. The molecule has 0 aliphatic heterocycles. The maximum Gasteiger partial charge on any atom is 0.183 e. The first kappa shape index (κ1) is 17.7. The molecule has 132 valence electrons. The average Bonchev–Trinajstić information content (AvgIpc) is 3.20. The minimum atomic E-state index is 0.299. The molecule has 0 bridgehead atoms. The molecule has 2 heterocycles. The van der Waals surface area contributed by atoms with E-state index in [0.717, 1.165) is 17.4 Å². The van der Waals surface area contributed by atoms with Crippen molar-refractivity contribution in [2.75, 3.05) is 25.6 Å². The van der Waals surface area contributed by atoms with Crippen LogP contribution in [0, 0.1) is 13.8 Å². The van der Waals surface area contributed by atoms with Crippen molar-refractivity contribution in [1.29, 1.82) is 0 Å². The van der Waals surface area contributed by atoms with Crippen LogP contribution in [-0.4, -0.2) is 29.8 Å². The van der Waals surface area contributed by atoms with Crippen LogP contribution < -0.4 is 5.32 Å². The topological polar surface area (TPSA) is 39.1 Å². The molecule has 0 spiro atoms. The van der Waals surface area contributed by atoms with Crippen molar-refractivity contribution in [2.24, 2.45) is 0 Å². The standard InChI is InChI=1S/C20H25N3OS/c1-14-12-18(19-13-25-20(22-19)21-10-11-24-4)16(3)23(14)15(2)17-8-6-5-7-9-17/h5-9,12-13,15H,10-11H2,1-4H3,(H,21,22)/t15-/m1/s1. The van der Waals surface area contributed by atoms with Crippen molar-refractivity contribution in [2.45, 2.75) is 26.8 Å². The molecule has 0 saturated carbocycles. The highest BCUT2D eigenvalue weighted by Crippen LogP contribution is 2.33. The van der Waals surface area contributed by atoms with E-state index >= 15 is 0 Å². The molecule has 0 aliphatic carbocycles.